The lowest BCUT2D eigenvalue weighted by Gasteiger charge is -2.15. The molecule has 0 atom stereocenters. The molecule has 1 aromatic rings. The Hall–Kier alpha value is -0.470. The maximum absolute atomic E-state index is 5.77. The Morgan fingerprint density at radius 2 is 2.18 bits per heavy atom. The van der Waals surface area contributed by atoms with Gasteiger partial charge in [-0.1, -0.05) is 0 Å². The lowest BCUT2D eigenvalue weighted by molar-refractivity contribution is 0.431. The molecule has 0 fully saturated rings. The minimum absolute atomic E-state index is 0.235. The first-order valence-electron chi connectivity index (χ1n) is 3.50. The molecule has 0 bridgehead atoms. The largest absolute Gasteiger partial charge is 0.450 e. The monoisotopic (exact) mass is 173 g/mol. The zero-order valence-electron chi connectivity index (χ0n) is 6.73. The van der Waals surface area contributed by atoms with Crippen LogP contribution < -0.4 is 5.73 Å². The van der Waals surface area contributed by atoms with Gasteiger partial charge in [0.15, 0.2) is 5.22 Å². The molecule has 1 aromatic heterocycles. The van der Waals surface area contributed by atoms with Gasteiger partial charge in [-0.2, -0.15) is 0 Å². The van der Waals surface area contributed by atoms with Gasteiger partial charge in [-0.3, -0.25) is 0 Å². The summed E-state index contributed by atoms with van der Waals surface area (Å²) < 4.78 is 5.14. The van der Waals surface area contributed by atoms with Crippen LogP contribution in [0.25, 0.3) is 0 Å². The Morgan fingerprint density at radius 1 is 1.55 bits per heavy atom. The number of nitrogens with two attached hydrogens (primary N) is 1. The fraction of sp³-hybridized carbons (Fsp3) is 0.500. The van der Waals surface area contributed by atoms with E-state index in [-0.39, 0.29) is 5.54 Å². The van der Waals surface area contributed by atoms with E-state index in [0.29, 0.717) is 11.6 Å². The van der Waals surface area contributed by atoms with E-state index in [4.69, 9.17) is 21.8 Å². The Morgan fingerprint density at radius 3 is 2.55 bits per heavy atom. The van der Waals surface area contributed by atoms with Crippen molar-refractivity contribution >= 4 is 11.6 Å². The maximum Gasteiger partial charge on any atom is 0.193 e. The number of rotatable bonds is 2. The predicted octanol–water partition coefficient (Wildman–Crippen LogP) is 2.21. The molecule has 0 aliphatic carbocycles. The summed E-state index contributed by atoms with van der Waals surface area (Å²) in [6.07, 6.45) is 0.708. The van der Waals surface area contributed by atoms with Crippen LogP contribution in [-0.4, -0.2) is 5.54 Å². The third kappa shape index (κ3) is 2.95. The van der Waals surface area contributed by atoms with Crippen LogP contribution in [0.5, 0.6) is 0 Å². The van der Waals surface area contributed by atoms with Crippen LogP contribution in [0.2, 0.25) is 5.22 Å². The summed E-state index contributed by atoms with van der Waals surface area (Å²) in [5, 5.41) is 0.421. The highest BCUT2D eigenvalue weighted by molar-refractivity contribution is 6.28. The normalized spacial score (nSPS) is 12.0. The molecular weight excluding hydrogens is 162 g/mol. The van der Waals surface area contributed by atoms with Crippen molar-refractivity contribution in [3.05, 3.63) is 23.1 Å². The molecule has 11 heavy (non-hydrogen) atoms. The minimum Gasteiger partial charge on any atom is -0.450 e. The summed E-state index contributed by atoms with van der Waals surface area (Å²) in [5.74, 6) is 0.836. The Balaban J connectivity index is 2.65. The highest BCUT2D eigenvalue weighted by Gasteiger charge is 2.13. The SMILES string of the molecule is CC(C)(N)Cc1ccc(Cl)o1. The van der Waals surface area contributed by atoms with Crippen molar-refractivity contribution in [3.63, 3.8) is 0 Å². The minimum atomic E-state index is -0.235. The van der Waals surface area contributed by atoms with Crippen molar-refractivity contribution in [1.29, 1.82) is 0 Å². The topological polar surface area (TPSA) is 39.2 Å². The summed E-state index contributed by atoms with van der Waals surface area (Å²) in [7, 11) is 0. The molecule has 1 rings (SSSR count). The van der Waals surface area contributed by atoms with Crippen molar-refractivity contribution in [2.75, 3.05) is 0 Å². The van der Waals surface area contributed by atoms with E-state index >= 15 is 0 Å². The van der Waals surface area contributed by atoms with E-state index in [0.717, 1.165) is 5.76 Å². The first kappa shape index (κ1) is 8.62. The molecule has 0 aliphatic heterocycles. The molecule has 0 saturated carbocycles. The highest BCUT2D eigenvalue weighted by atomic mass is 35.5. The van der Waals surface area contributed by atoms with Gasteiger partial charge in [0.2, 0.25) is 0 Å². The fourth-order valence-electron chi connectivity index (χ4n) is 0.896. The standard InChI is InChI=1S/C8H12ClNO/c1-8(2,10)5-6-3-4-7(9)11-6/h3-4H,5,10H2,1-2H3. The van der Waals surface area contributed by atoms with E-state index in [9.17, 15) is 0 Å². The number of halogens is 1. The molecule has 1 heterocycles. The molecular formula is C8H12ClNO. The average molecular weight is 174 g/mol. The first-order valence-corrected chi connectivity index (χ1v) is 3.88. The van der Waals surface area contributed by atoms with Gasteiger partial charge < -0.3 is 10.2 Å². The summed E-state index contributed by atoms with van der Waals surface area (Å²) in [6.45, 7) is 3.90. The molecule has 0 amide bonds. The van der Waals surface area contributed by atoms with Crippen LogP contribution in [0.1, 0.15) is 19.6 Å². The van der Waals surface area contributed by atoms with Gasteiger partial charge in [0.1, 0.15) is 5.76 Å². The second-order valence-electron chi connectivity index (χ2n) is 3.37. The van der Waals surface area contributed by atoms with Crippen molar-refractivity contribution in [1.82, 2.24) is 0 Å². The summed E-state index contributed by atoms with van der Waals surface area (Å²) in [6, 6.07) is 3.57. The molecule has 0 spiro atoms. The predicted molar refractivity (Wildman–Crippen MR) is 45.7 cm³/mol. The number of furan rings is 1. The second-order valence-corrected chi connectivity index (χ2v) is 3.74. The molecule has 2 N–H and O–H groups in total. The third-order valence-corrected chi connectivity index (χ3v) is 1.46. The third-order valence-electron chi connectivity index (χ3n) is 1.26. The van der Waals surface area contributed by atoms with E-state index in [1.54, 1.807) is 6.07 Å². The van der Waals surface area contributed by atoms with Crippen molar-refractivity contribution in [2.45, 2.75) is 25.8 Å². The van der Waals surface area contributed by atoms with E-state index in [1.165, 1.54) is 0 Å². The van der Waals surface area contributed by atoms with Crippen molar-refractivity contribution in [3.8, 4) is 0 Å². The molecule has 0 aliphatic rings. The van der Waals surface area contributed by atoms with Gasteiger partial charge in [0.25, 0.3) is 0 Å². The summed E-state index contributed by atoms with van der Waals surface area (Å²) >= 11 is 5.58. The molecule has 0 radical (unpaired) electrons. The maximum atomic E-state index is 5.77. The second kappa shape index (κ2) is 2.88. The van der Waals surface area contributed by atoms with Crippen LogP contribution in [0.4, 0.5) is 0 Å². The van der Waals surface area contributed by atoms with Crippen LogP contribution in [0.15, 0.2) is 16.5 Å². The number of hydrogen-bond donors (Lipinski definition) is 1. The highest BCUT2D eigenvalue weighted by Crippen LogP contribution is 2.16. The van der Waals surface area contributed by atoms with Crippen LogP contribution in [-0.2, 0) is 6.42 Å². The van der Waals surface area contributed by atoms with Crippen LogP contribution in [0, 0.1) is 0 Å². The fourth-order valence-corrected chi connectivity index (χ4v) is 1.06. The first-order chi connectivity index (χ1) is 4.97. The molecule has 0 aromatic carbocycles. The molecule has 2 nitrogen and oxygen atoms in total. The van der Waals surface area contributed by atoms with Gasteiger partial charge in [-0.15, -0.1) is 0 Å². The summed E-state index contributed by atoms with van der Waals surface area (Å²) in [4.78, 5) is 0. The Bertz CT molecular complexity index is 236. The van der Waals surface area contributed by atoms with Crippen molar-refractivity contribution < 1.29 is 4.42 Å². The lowest BCUT2D eigenvalue weighted by Crippen LogP contribution is -2.34. The van der Waals surface area contributed by atoms with E-state index in [1.807, 2.05) is 19.9 Å². The van der Waals surface area contributed by atoms with Gasteiger partial charge in [0.05, 0.1) is 0 Å². The zero-order valence-corrected chi connectivity index (χ0v) is 7.48. The summed E-state index contributed by atoms with van der Waals surface area (Å²) in [5.41, 5.74) is 5.54. The quantitative estimate of drug-likeness (QED) is 0.745. The zero-order chi connectivity index (χ0) is 8.48. The molecule has 0 unspecified atom stereocenters. The lowest BCUT2D eigenvalue weighted by atomic mass is 10.0. The van der Waals surface area contributed by atoms with Gasteiger partial charge in [0, 0.05) is 12.0 Å². The molecule has 3 heteroatoms. The smallest absolute Gasteiger partial charge is 0.193 e. The molecule has 0 saturated heterocycles. The van der Waals surface area contributed by atoms with Gasteiger partial charge in [-0.05, 0) is 37.6 Å². The average Bonchev–Trinajstić information content (AvgIpc) is 2.10. The number of hydrogen-bond acceptors (Lipinski definition) is 2. The van der Waals surface area contributed by atoms with Crippen LogP contribution >= 0.6 is 11.6 Å². The molecule has 62 valence electrons. The Kier molecular flexibility index (Phi) is 2.25. The Labute approximate surface area is 71.3 Å². The van der Waals surface area contributed by atoms with Gasteiger partial charge >= 0.3 is 0 Å². The van der Waals surface area contributed by atoms with Gasteiger partial charge in [-0.25, -0.2) is 0 Å². The van der Waals surface area contributed by atoms with Crippen molar-refractivity contribution in [2.24, 2.45) is 5.73 Å². The van der Waals surface area contributed by atoms with E-state index < -0.39 is 0 Å². The van der Waals surface area contributed by atoms with E-state index in [2.05, 4.69) is 0 Å². The van der Waals surface area contributed by atoms with Crippen LogP contribution in [0.3, 0.4) is 0 Å².